The monoisotopic (exact) mass is 492 g/mol. The van der Waals surface area contributed by atoms with Gasteiger partial charge in [-0.25, -0.2) is 4.79 Å². The number of nitrogens with one attached hydrogen (secondary N) is 3. The molecule has 0 bridgehead atoms. The first-order valence-electron chi connectivity index (χ1n) is 9.02. The first-order chi connectivity index (χ1) is 14.9. The van der Waals surface area contributed by atoms with Crippen molar-refractivity contribution >= 4 is 46.0 Å². The topological polar surface area (TPSA) is 214 Å². The second-order valence-electron chi connectivity index (χ2n) is 6.39. The van der Waals surface area contributed by atoms with Crippen molar-refractivity contribution in [3.63, 3.8) is 0 Å². The highest BCUT2D eigenvalue weighted by Gasteiger charge is 2.27. The molecular formula is C17H24N4O9S2. The Bertz CT molecular complexity index is 922. The Morgan fingerprint density at radius 2 is 1.72 bits per heavy atom. The van der Waals surface area contributed by atoms with Crippen molar-refractivity contribution in [1.82, 2.24) is 16.0 Å². The number of carbonyl (C=O) groups is 4. The van der Waals surface area contributed by atoms with E-state index < -0.39 is 52.8 Å². The summed E-state index contributed by atoms with van der Waals surface area (Å²) in [6, 6.07) is 2.83. The summed E-state index contributed by atoms with van der Waals surface area (Å²) in [7, 11) is -4.70. The lowest BCUT2D eigenvalue weighted by atomic mass is 10.0. The minimum atomic E-state index is -4.70. The fraction of sp³-hybridized carbons (Fsp3) is 0.412. The number of nitrogens with two attached hydrogens (primary N) is 1. The van der Waals surface area contributed by atoms with Crippen LogP contribution in [0.4, 0.5) is 4.79 Å². The number of thioether (sulfide) groups is 1. The van der Waals surface area contributed by atoms with Crippen molar-refractivity contribution in [2.24, 2.45) is 5.73 Å². The predicted molar refractivity (Wildman–Crippen MR) is 114 cm³/mol. The van der Waals surface area contributed by atoms with Gasteiger partial charge in [-0.2, -0.15) is 20.2 Å². The summed E-state index contributed by atoms with van der Waals surface area (Å²) in [6.45, 7) is -0.417. The van der Waals surface area contributed by atoms with Crippen LogP contribution in [-0.4, -0.2) is 72.5 Å². The lowest BCUT2D eigenvalue weighted by molar-refractivity contribution is -0.130. The van der Waals surface area contributed by atoms with Gasteiger partial charge in [0.1, 0.15) is 17.8 Å². The number of primary amides is 1. The van der Waals surface area contributed by atoms with E-state index in [1.54, 1.807) is 6.26 Å². The molecule has 32 heavy (non-hydrogen) atoms. The average molecular weight is 493 g/mol. The highest BCUT2D eigenvalue weighted by atomic mass is 32.3. The number of rotatable bonds is 13. The molecule has 2 atom stereocenters. The molecule has 15 heteroatoms. The maximum atomic E-state index is 12.7. The largest absolute Gasteiger partial charge is 0.465 e. The van der Waals surface area contributed by atoms with Crippen LogP contribution in [0.2, 0.25) is 0 Å². The Kier molecular flexibility index (Phi) is 10.7. The molecule has 13 nitrogen and oxygen atoms in total. The van der Waals surface area contributed by atoms with Gasteiger partial charge in [0.05, 0.1) is 6.54 Å². The van der Waals surface area contributed by atoms with Gasteiger partial charge in [0.25, 0.3) is 0 Å². The number of carbonyl (C=O) groups excluding carboxylic acids is 3. The lowest BCUT2D eigenvalue weighted by Crippen LogP contribution is -2.55. The van der Waals surface area contributed by atoms with Gasteiger partial charge >= 0.3 is 16.5 Å². The van der Waals surface area contributed by atoms with Crippen molar-refractivity contribution in [2.45, 2.75) is 24.9 Å². The summed E-state index contributed by atoms with van der Waals surface area (Å²) in [5.74, 6) is -1.88. The second kappa shape index (κ2) is 12.7. The van der Waals surface area contributed by atoms with Gasteiger partial charge in [-0.05, 0) is 36.1 Å². The van der Waals surface area contributed by atoms with Crippen LogP contribution >= 0.6 is 11.8 Å². The van der Waals surface area contributed by atoms with Gasteiger partial charge in [0, 0.05) is 6.42 Å². The molecule has 7 N–H and O–H groups in total. The Morgan fingerprint density at radius 3 is 2.22 bits per heavy atom. The van der Waals surface area contributed by atoms with E-state index in [-0.39, 0.29) is 18.6 Å². The van der Waals surface area contributed by atoms with Crippen molar-refractivity contribution in [2.75, 3.05) is 18.6 Å². The van der Waals surface area contributed by atoms with Crippen LogP contribution < -0.4 is 25.9 Å². The van der Waals surface area contributed by atoms with Crippen LogP contribution in [0.1, 0.15) is 12.0 Å². The summed E-state index contributed by atoms with van der Waals surface area (Å²) < 4.78 is 34.4. The third-order valence-corrected chi connectivity index (χ3v) is 4.91. The van der Waals surface area contributed by atoms with Crippen molar-refractivity contribution < 1.29 is 41.4 Å². The summed E-state index contributed by atoms with van der Waals surface area (Å²) in [5, 5.41) is 15.9. The maximum absolute atomic E-state index is 12.7. The fourth-order valence-electron chi connectivity index (χ4n) is 2.47. The smallest absolute Gasteiger partial charge is 0.446 e. The molecule has 0 saturated carbocycles. The van der Waals surface area contributed by atoms with Crippen LogP contribution in [0, 0.1) is 0 Å². The van der Waals surface area contributed by atoms with E-state index in [1.165, 1.54) is 36.0 Å². The summed E-state index contributed by atoms with van der Waals surface area (Å²) in [4.78, 5) is 47.0. The Morgan fingerprint density at radius 1 is 1.09 bits per heavy atom. The third kappa shape index (κ3) is 10.8. The van der Waals surface area contributed by atoms with E-state index in [0.29, 0.717) is 11.3 Å². The molecule has 0 unspecified atom stereocenters. The number of hydrogen-bond acceptors (Lipinski definition) is 8. The molecule has 178 valence electrons. The molecular weight excluding hydrogens is 468 g/mol. The molecule has 0 aromatic heterocycles. The zero-order valence-corrected chi connectivity index (χ0v) is 18.6. The number of carboxylic acid groups (broad SMARTS) is 1. The number of benzene rings is 1. The lowest BCUT2D eigenvalue weighted by Gasteiger charge is -2.22. The van der Waals surface area contributed by atoms with E-state index in [4.69, 9.17) is 15.4 Å². The van der Waals surface area contributed by atoms with Gasteiger partial charge < -0.3 is 31.0 Å². The SMILES string of the molecule is CSCC[C@H](NC(=O)[C@H](Cc1ccc(OS(=O)(=O)O)cc1)NC(=O)O)C(=O)NCC(N)=O. The van der Waals surface area contributed by atoms with E-state index in [2.05, 4.69) is 20.1 Å². The molecule has 0 radical (unpaired) electrons. The molecule has 0 aliphatic rings. The minimum absolute atomic E-state index is 0.136. The molecule has 0 fully saturated rings. The zero-order chi connectivity index (χ0) is 24.3. The summed E-state index contributed by atoms with van der Waals surface area (Å²) >= 11 is 1.42. The summed E-state index contributed by atoms with van der Waals surface area (Å²) in [6.07, 6.45) is 0.404. The normalized spacial score (nSPS) is 12.8. The maximum Gasteiger partial charge on any atom is 0.446 e. The first kappa shape index (κ1) is 27.0. The van der Waals surface area contributed by atoms with Crippen molar-refractivity contribution in [3.8, 4) is 5.75 Å². The Labute approximate surface area is 188 Å². The molecule has 0 aliphatic carbocycles. The molecule has 1 aromatic rings. The van der Waals surface area contributed by atoms with Gasteiger partial charge in [-0.3, -0.25) is 18.9 Å². The van der Waals surface area contributed by atoms with E-state index in [1.807, 2.05) is 0 Å². The van der Waals surface area contributed by atoms with E-state index >= 15 is 0 Å². The molecule has 0 spiro atoms. The van der Waals surface area contributed by atoms with Crippen LogP contribution in [0.3, 0.4) is 0 Å². The van der Waals surface area contributed by atoms with Crippen LogP contribution in [0.5, 0.6) is 5.75 Å². The minimum Gasteiger partial charge on any atom is -0.465 e. The molecule has 0 aliphatic heterocycles. The fourth-order valence-corrected chi connectivity index (χ4v) is 3.30. The van der Waals surface area contributed by atoms with Crippen LogP contribution in [0.25, 0.3) is 0 Å². The average Bonchev–Trinajstić information content (AvgIpc) is 2.68. The first-order valence-corrected chi connectivity index (χ1v) is 11.8. The van der Waals surface area contributed by atoms with E-state index in [0.717, 1.165) is 0 Å². The predicted octanol–water partition coefficient (Wildman–Crippen LogP) is -1.11. The zero-order valence-electron chi connectivity index (χ0n) is 16.9. The molecule has 0 saturated heterocycles. The molecule has 4 amide bonds. The summed E-state index contributed by atoms with van der Waals surface area (Å²) in [5.41, 5.74) is 5.43. The van der Waals surface area contributed by atoms with Crippen LogP contribution in [0.15, 0.2) is 24.3 Å². The van der Waals surface area contributed by atoms with Gasteiger partial charge in [-0.15, -0.1) is 0 Å². The second-order valence-corrected chi connectivity index (χ2v) is 8.40. The van der Waals surface area contributed by atoms with Gasteiger partial charge in [-0.1, -0.05) is 12.1 Å². The third-order valence-electron chi connectivity index (χ3n) is 3.86. The van der Waals surface area contributed by atoms with Gasteiger partial charge in [0.2, 0.25) is 17.7 Å². The molecule has 1 aromatic carbocycles. The standard InChI is InChI=1S/C17H24N4O9S2/c1-31-7-6-12(15(23)19-9-14(18)22)20-16(24)13(21-17(25)26)8-10-2-4-11(5-3-10)30-32(27,28)29/h2-5,12-13,21H,6-9H2,1H3,(H2,18,22)(H,19,23)(H,20,24)(H,25,26)(H,27,28,29)/t12-,13-/m0/s1. The van der Waals surface area contributed by atoms with Crippen LogP contribution in [-0.2, 0) is 31.2 Å². The Balaban J connectivity index is 2.93. The van der Waals surface area contributed by atoms with Gasteiger partial charge in [0.15, 0.2) is 0 Å². The Hall–Kier alpha value is -3.04. The quantitative estimate of drug-likeness (QED) is 0.182. The highest BCUT2D eigenvalue weighted by Crippen LogP contribution is 2.15. The number of hydrogen-bond donors (Lipinski definition) is 6. The molecule has 1 rings (SSSR count). The van der Waals surface area contributed by atoms with Crippen molar-refractivity contribution in [1.29, 1.82) is 0 Å². The van der Waals surface area contributed by atoms with Crippen molar-refractivity contribution in [3.05, 3.63) is 29.8 Å². The highest BCUT2D eigenvalue weighted by molar-refractivity contribution is 7.98. The number of amides is 4. The molecule has 0 heterocycles. The van der Waals surface area contributed by atoms with E-state index in [9.17, 15) is 27.6 Å².